The van der Waals surface area contributed by atoms with Gasteiger partial charge in [-0.25, -0.2) is 9.97 Å². The molecule has 3 aromatic rings. The molecule has 0 bridgehead atoms. The van der Waals surface area contributed by atoms with E-state index in [-0.39, 0.29) is 5.91 Å². The predicted octanol–water partition coefficient (Wildman–Crippen LogP) is 4.06. The van der Waals surface area contributed by atoms with E-state index in [2.05, 4.69) is 15.3 Å². The van der Waals surface area contributed by atoms with Gasteiger partial charge in [0.1, 0.15) is 6.26 Å². The van der Waals surface area contributed by atoms with E-state index >= 15 is 0 Å². The molecule has 2 aromatic heterocycles. The summed E-state index contributed by atoms with van der Waals surface area (Å²) in [4.78, 5) is 20.2. The summed E-state index contributed by atoms with van der Waals surface area (Å²) in [7, 11) is 0. The fraction of sp³-hybridized carbons (Fsp3) is 0.188. The number of amides is 1. The highest BCUT2D eigenvalue weighted by Gasteiger charge is 2.07. The smallest absolute Gasteiger partial charge is 0.226 e. The summed E-state index contributed by atoms with van der Waals surface area (Å²) in [5, 5.41) is 5.24. The molecule has 0 unspecified atom stereocenters. The maximum Gasteiger partial charge on any atom is 0.226 e. The first-order valence-electron chi connectivity index (χ1n) is 7.08. The van der Waals surface area contributed by atoms with Gasteiger partial charge >= 0.3 is 0 Å². The van der Waals surface area contributed by atoms with Gasteiger partial charge in [0, 0.05) is 35.1 Å². The van der Waals surface area contributed by atoms with Crippen LogP contribution in [0.15, 0.2) is 52.6 Å². The van der Waals surface area contributed by atoms with Gasteiger partial charge in [-0.15, -0.1) is 11.3 Å². The average Bonchev–Trinajstić information content (AvgIpc) is 3.24. The van der Waals surface area contributed by atoms with Gasteiger partial charge in [0.2, 0.25) is 11.8 Å². The van der Waals surface area contributed by atoms with Gasteiger partial charge in [0.05, 0.1) is 5.69 Å². The number of oxazole rings is 1. The second-order valence-electron chi connectivity index (χ2n) is 4.70. The molecule has 5 nitrogen and oxygen atoms in total. The van der Waals surface area contributed by atoms with E-state index in [4.69, 9.17) is 4.42 Å². The molecule has 0 saturated carbocycles. The molecule has 1 N–H and O–H groups in total. The van der Waals surface area contributed by atoms with Gasteiger partial charge in [-0.05, 0) is 12.1 Å². The monoisotopic (exact) mass is 345 g/mol. The van der Waals surface area contributed by atoms with Gasteiger partial charge in [0.15, 0.2) is 5.13 Å². The van der Waals surface area contributed by atoms with Crippen LogP contribution in [0.2, 0.25) is 0 Å². The van der Waals surface area contributed by atoms with Gasteiger partial charge < -0.3 is 9.73 Å². The summed E-state index contributed by atoms with van der Waals surface area (Å²) < 4.78 is 5.49. The third-order valence-corrected chi connectivity index (χ3v) is 4.66. The molecule has 7 heteroatoms. The molecule has 0 atom stereocenters. The Kier molecular flexibility index (Phi) is 5.44. The van der Waals surface area contributed by atoms with Crippen molar-refractivity contribution in [3.8, 4) is 11.5 Å². The highest BCUT2D eigenvalue weighted by Crippen LogP contribution is 2.20. The van der Waals surface area contributed by atoms with Crippen LogP contribution in [-0.4, -0.2) is 21.6 Å². The molecule has 118 valence electrons. The molecule has 0 aliphatic rings. The lowest BCUT2D eigenvalue weighted by Crippen LogP contribution is -2.11. The number of benzene rings is 1. The van der Waals surface area contributed by atoms with Crippen molar-refractivity contribution in [3.63, 3.8) is 0 Å². The number of hydrogen-bond donors (Lipinski definition) is 1. The van der Waals surface area contributed by atoms with Crippen LogP contribution in [0.1, 0.15) is 12.1 Å². The van der Waals surface area contributed by atoms with E-state index in [0.29, 0.717) is 17.4 Å². The molecule has 0 aliphatic heterocycles. The number of thioether (sulfide) groups is 1. The molecule has 0 aliphatic carbocycles. The number of thiazole rings is 1. The highest BCUT2D eigenvalue weighted by molar-refractivity contribution is 7.98. The molecule has 0 fully saturated rings. The lowest BCUT2D eigenvalue weighted by molar-refractivity contribution is -0.115. The molecule has 0 spiro atoms. The molecule has 1 amide bonds. The Balaban J connectivity index is 1.41. The van der Waals surface area contributed by atoms with E-state index in [9.17, 15) is 4.79 Å². The van der Waals surface area contributed by atoms with Gasteiger partial charge in [0.25, 0.3) is 0 Å². The number of nitrogens with zero attached hydrogens (tertiary/aromatic N) is 2. The van der Waals surface area contributed by atoms with Crippen molar-refractivity contribution in [2.75, 3.05) is 11.1 Å². The zero-order valence-corrected chi connectivity index (χ0v) is 13.9. The Labute approximate surface area is 142 Å². The molecule has 0 saturated heterocycles. The standard InChI is InChI=1S/C16H15N3O2S2/c20-14(19-16-17-7-9-23-16)6-8-22-11-13-10-21-15(18-13)12-4-2-1-3-5-12/h1-5,7,9-10H,6,8,11H2,(H,17,19,20). The zero-order chi connectivity index (χ0) is 15.9. The molecule has 3 rings (SSSR count). The third-order valence-electron chi connectivity index (χ3n) is 2.97. The minimum atomic E-state index is -0.0161. The Hall–Kier alpha value is -2.12. The second-order valence-corrected chi connectivity index (χ2v) is 6.70. The van der Waals surface area contributed by atoms with Crippen LogP contribution >= 0.6 is 23.1 Å². The number of nitrogens with one attached hydrogen (secondary N) is 1. The van der Waals surface area contributed by atoms with Crippen molar-refractivity contribution in [2.24, 2.45) is 0 Å². The Morgan fingerprint density at radius 2 is 2.17 bits per heavy atom. The fourth-order valence-corrected chi connectivity index (χ4v) is 3.26. The number of hydrogen-bond acceptors (Lipinski definition) is 6. The number of carbonyl (C=O) groups excluding carboxylic acids is 1. The highest BCUT2D eigenvalue weighted by atomic mass is 32.2. The molecule has 2 heterocycles. The van der Waals surface area contributed by atoms with E-state index in [1.807, 2.05) is 35.7 Å². The fourth-order valence-electron chi connectivity index (χ4n) is 1.90. The van der Waals surface area contributed by atoms with Crippen LogP contribution in [0.3, 0.4) is 0 Å². The number of anilines is 1. The minimum Gasteiger partial charge on any atom is -0.444 e. The number of aromatic nitrogens is 2. The first-order valence-corrected chi connectivity index (χ1v) is 9.11. The quantitative estimate of drug-likeness (QED) is 0.654. The first-order chi connectivity index (χ1) is 11.3. The minimum absolute atomic E-state index is 0.0161. The SMILES string of the molecule is O=C(CCSCc1coc(-c2ccccc2)n1)Nc1nccs1. The Morgan fingerprint density at radius 3 is 2.96 bits per heavy atom. The van der Waals surface area contributed by atoms with Gasteiger partial charge in [-0.3, -0.25) is 4.79 Å². The summed E-state index contributed by atoms with van der Waals surface area (Å²) in [6.07, 6.45) is 3.79. The molecule has 0 radical (unpaired) electrons. The molecule has 23 heavy (non-hydrogen) atoms. The van der Waals surface area contributed by atoms with Gasteiger partial charge in [-0.1, -0.05) is 18.2 Å². The van der Waals surface area contributed by atoms with Crippen LogP contribution in [0.5, 0.6) is 0 Å². The number of rotatable bonds is 7. The van der Waals surface area contributed by atoms with Crippen molar-refractivity contribution >= 4 is 34.1 Å². The maximum absolute atomic E-state index is 11.7. The molecule has 1 aromatic carbocycles. The Morgan fingerprint density at radius 1 is 1.30 bits per heavy atom. The van der Waals surface area contributed by atoms with E-state index < -0.39 is 0 Å². The van der Waals surface area contributed by atoms with E-state index in [1.54, 1.807) is 24.2 Å². The predicted molar refractivity (Wildman–Crippen MR) is 93.5 cm³/mol. The summed E-state index contributed by atoms with van der Waals surface area (Å²) in [6, 6.07) is 9.79. The normalized spacial score (nSPS) is 10.6. The average molecular weight is 345 g/mol. The van der Waals surface area contributed by atoms with Crippen molar-refractivity contribution in [2.45, 2.75) is 12.2 Å². The van der Waals surface area contributed by atoms with Crippen molar-refractivity contribution in [1.82, 2.24) is 9.97 Å². The van der Waals surface area contributed by atoms with E-state index in [0.717, 1.165) is 22.8 Å². The number of carbonyl (C=O) groups is 1. The largest absolute Gasteiger partial charge is 0.444 e. The van der Waals surface area contributed by atoms with Crippen molar-refractivity contribution in [3.05, 3.63) is 53.9 Å². The maximum atomic E-state index is 11.7. The lowest BCUT2D eigenvalue weighted by Gasteiger charge is -2.00. The van der Waals surface area contributed by atoms with E-state index in [1.165, 1.54) is 11.3 Å². The van der Waals surface area contributed by atoms with Crippen LogP contribution in [-0.2, 0) is 10.5 Å². The zero-order valence-electron chi connectivity index (χ0n) is 12.3. The summed E-state index contributed by atoms with van der Waals surface area (Å²) >= 11 is 3.07. The lowest BCUT2D eigenvalue weighted by atomic mass is 10.2. The Bertz CT molecular complexity index is 742. The third kappa shape index (κ3) is 4.67. The van der Waals surface area contributed by atoms with Crippen LogP contribution in [0.25, 0.3) is 11.5 Å². The summed E-state index contributed by atoms with van der Waals surface area (Å²) in [5.41, 5.74) is 1.85. The summed E-state index contributed by atoms with van der Waals surface area (Å²) in [6.45, 7) is 0. The van der Waals surface area contributed by atoms with Crippen molar-refractivity contribution in [1.29, 1.82) is 0 Å². The van der Waals surface area contributed by atoms with Crippen LogP contribution in [0, 0.1) is 0 Å². The first kappa shape index (κ1) is 15.8. The van der Waals surface area contributed by atoms with Crippen LogP contribution < -0.4 is 5.32 Å². The van der Waals surface area contributed by atoms with Gasteiger partial charge in [-0.2, -0.15) is 11.8 Å². The molecular weight excluding hydrogens is 330 g/mol. The molecular formula is C16H15N3O2S2. The summed E-state index contributed by atoms with van der Waals surface area (Å²) in [5.74, 6) is 2.06. The van der Waals surface area contributed by atoms with Crippen LogP contribution in [0.4, 0.5) is 5.13 Å². The topological polar surface area (TPSA) is 68.0 Å². The van der Waals surface area contributed by atoms with Crippen molar-refractivity contribution < 1.29 is 9.21 Å². The second kappa shape index (κ2) is 7.94.